The number of carbonyl (C=O) groups excluding carboxylic acids is 1. The molecule has 1 rings (SSSR count). The van der Waals surface area contributed by atoms with Gasteiger partial charge in [-0.2, -0.15) is 5.26 Å². The lowest BCUT2D eigenvalue weighted by atomic mass is 9.79. The van der Waals surface area contributed by atoms with Crippen LogP contribution in [0.5, 0.6) is 0 Å². The first-order valence-corrected chi connectivity index (χ1v) is 6.71. The van der Waals surface area contributed by atoms with Crippen molar-refractivity contribution >= 4 is 11.7 Å². The van der Waals surface area contributed by atoms with Crippen LogP contribution < -0.4 is 4.90 Å². The summed E-state index contributed by atoms with van der Waals surface area (Å²) in [6, 6.07) is 7.66. The van der Waals surface area contributed by atoms with E-state index in [0.29, 0.717) is 18.7 Å². The van der Waals surface area contributed by atoms with Gasteiger partial charge in [0.2, 0.25) is 5.91 Å². The van der Waals surface area contributed by atoms with Crippen LogP contribution in [0.15, 0.2) is 24.4 Å². The van der Waals surface area contributed by atoms with Gasteiger partial charge in [-0.05, 0) is 25.0 Å². The molecular weight excluding hydrogens is 238 g/mol. The molecule has 0 fully saturated rings. The van der Waals surface area contributed by atoms with E-state index in [1.54, 1.807) is 25.4 Å². The second-order valence-corrected chi connectivity index (χ2v) is 4.75. The molecule has 0 unspecified atom stereocenters. The second-order valence-electron chi connectivity index (χ2n) is 4.75. The molecule has 0 radical (unpaired) electrons. The highest BCUT2D eigenvalue weighted by atomic mass is 16.2. The van der Waals surface area contributed by atoms with Crippen molar-refractivity contribution in [2.24, 2.45) is 5.41 Å². The fourth-order valence-electron chi connectivity index (χ4n) is 2.33. The number of amides is 1. The molecule has 0 aliphatic carbocycles. The molecule has 0 spiro atoms. The average molecular weight is 259 g/mol. The molecule has 0 aromatic carbocycles. The van der Waals surface area contributed by atoms with E-state index in [0.717, 1.165) is 12.8 Å². The first-order valence-electron chi connectivity index (χ1n) is 6.71. The third-order valence-corrected chi connectivity index (χ3v) is 3.27. The Bertz CT molecular complexity index is 444. The number of anilines is 1. The van der Waals surface area contributed by atoms with Crippen molar-refractivity contribution in [2.75, 3.05) is 11.9 Å². The molecule has 102 valence electrons. The molecule has 1 aromatic rings. The van der Waals surface area contributed by atoms with Crippen molar-refractivity contribution in [3.05, 3.63) is 24.4 Å². The largest absolute Gasteiger partial charge is 0.299 e. The van der Waals surface area contributed by atoms with E-state index in [9.17, 15) is 10.1 Å². The smallest absolute Gasteiger partial charge is 0.248 e. The Morgan fingerprint density at radius 3 is 2.42 bits per heavy atom. The average Bonchev–Trinajstić information content (AvgIpc) is 2.46. The van der Waals surface area contributed by atoms with Crippen LogP contribution in [0.25, 0.3) is 0 Å². The van der Waals surface area contributed by atoms with Gasteiger partial charge in [-0.1, -0.05) is 32.8 Å². The predicted molar refractivity (Wildman–Crippen MR) is 75.5 cm³/mol. The van der Waals surface area contributed by atoms with Crippen LogP contribution in [-0.2, 0) is 4.79 Å². The van der Waals surface area contributed by atoms with Gasteiger partial charge in [-0.3, -0.25) is 9.69 Å². The molecular formula is C15H21N3O. The molecule has 4 nitrogen and oxygen atoms in total. The lowest BCUT2D eigenvalue weighted by molar-refractivity contribution is -0.125. The fraction of sp³-hybridized carbons (Fsp3) is 0.533. The standard InChI is InChI=1S/C15H21N3O/c1-4-9-15(12-16,10-5-2)14(19)18(3)13-8-6-7-11-17-13/h6-8,11H,4-5,9-10H2,1-3H3. The number of nitriles is 1. The molecule has 0 saturated heterocycles. The number of hydrogen-bond donors (Lipinski definition) is 0. The van der Waals surface area contributed by atoms with Gasteiger partial charge in [0, 0.05) is 13.2 Å². The molecule has 0 aliphatic heterocycles. The van der Waals surface area contributed by atoms with E-state index in [2.05, 4.69) is 11.1 Å². The maximum absolute atomic E-state index is 12.6. The Labute approximate surface area is 115 Å². The van der Waals surface area contributed by atoms with E-state index in [1.807, 2.05) is 19.9 Å². The molecule has 0 atom stereocenters. The van der Waals surface area contributed by atoms with Crippen LogP contribution in [0.2, 0.25) is 0 Å². The van der Waals surface area contributed by atoms with E-state index >= 15 is 0 Å². The highest BCUT2D eigenvalue weighted by Crippen LogP contribution is 2.32. The molecule has 19 heavy (non-hydrogen) atoms. The number of nitrogens with zero attached hydrogens (tertiary/aromatic N) is 3. The summed E-state index contributed by atoms with van der Waals surface area (Å²) in [6.45, 7) is 3.99. The summed E-state index contributed by atoms with van der Waals surface area (Å²) in [5.41, 5.74) is -0.921. The molecule has 0 saturated carbocycles. The van der Waals surface area contributed by atoms with E-state index < -0.39 is 5.41 Å². The minimum atomic E-state index is -0.921. The lowest BCUT2D eigenvalue weighted by Crippen LogP contribution is -2.41. The zero-order valence-corrected chi connectivity index (χ0v) is 11.9. The normalized spacial score (nSPS) is 10.8. The van der Waals surface area contributed by atoms with Crippen molar-refractivity contribution < 1.29 is 4.79 Å². The third-order valence-electron chi connectivity index (χ3n) is 3.27. The summed E-state index contributed by atoms with van der Waals surface area (Å²) < 4.78 is 0. The Morgan fingerprint density at radius 1 is 1.37 bits per heavy atom. The highest BCUT2D eigenvalue weighted by molar-refractivity contribution is 5.98. The zero-order chi connectivity index (χ0) is 14.3. The monoisotopic (exact) mass is 259 g/mol. The van der Waals surface area contributed by atoms with Crippen molar-refractivity contribution in [2.45, 2.75) is 39.5 Å². The van der Waals surface area contributed by atoms with Crippen LogP contribution in [-0.4, -0.2) is 17.9 Å². The van der Waals surface area contributed by atoms with Crippen LogP contribution >= 0.6 is 0 Å². The molecule has 0 aliphatic rings. The van der Waals surface area contributed by atoms with E-state index in [-0.39, 0.29) is 5.91 Å². The minimum absolute atomic E-state index is 0.155. The topological polar surface area (TPSA) is 57.0 Å². The van der Waals surface area contributed by atoms with Gasteiger partial charge < -0.3 is 0 Å². The van der Waals surface area contributed by atoms with E-state index in [1.165, 1.54) is 4.90 Å². The predicted octanol–water partition coefficient (Wildman–Crippen LogP) is 3.15. The summed E-state index contributed by atoms with van der Waals surface area (Å²) in [6.07, 6.45) is 4.46. The molecule has 1 aromatic heterocycles. The number of rotatable bonds is 6. The molecule has 1 amide bonds. The second kappa shape index (κ2) is 6.89. The maximum atomic E-state index is 12.6. The van der Waals surface area contributed by atoms with Gasteiger partial charge in [0.05, 0.1) is 6.07 Å². The van der Waals surface area contributed by atoms with E-state index in [4.69, 9.17) is 0 Å². The molecule has 1 heterocycles. The molecule has 0 N–H and O–H groups in total. The van der Waals surface area contributed by atoms with Gasteiger partial charge in [0.15, 0.2) is 0 Å². The molecule has 4 heteroatoms. The van der Waals surface area contributed by atoms with Crippen molar-refractivity contribution in [3.8, 4) is 6.07 Å². The Morgan fingerprint density at radius 2 is 2.00 bits per heavy atom. The number of carbonyl (C=O) groups is 1. The number of pyridine rings is 1. The van der Waals surface area contributed by atoms with Crippen molar-refractivity contribution in [3.63, 3.8) is 0 Å². The Balaban J connectivity index is 3.03. The van der Waals surface area contributed by atoms with Gasteiger partial charge >= 0.3 is 0 Å². The van der Waals surface area contributed by atoms with Crippen LogP contribution in [0.4, 0.5) is 5.82 Å². The minimum Gasteiger partial charge on any atom is -0.299 e. The first kappa shape index (κ1) is 15.2. The summed E-state index contributed by atoms with van der Waals surface area (Å²) in [4.78, 5) is 18.3. The van der Waals surface area contributed by atoms with Crippen LogP contribution in [0, 0.1) is 16.7 Å². The van der Waals surface area contributed by atoms with Gasteiger partial charge in [0.1, 0.15) is 11.2 Å². The SMILES string of the molecule is CCCC(C#N)(CCC)C(=O)N(C)c1ccccn1. The van der Waals surface area contributed by atoms with Crippen LogP contribution in [0.3, 0.4) is 0 Å². The highest BCUT2D eigenvalue weighted by Gasteiger charge is 2.39. The summed E-state index contributed by atoms with van der Waals surface area (Å²) in [5, 5.41) is 9.49. The maximum Gasteiger partial charge on any atom is 0.248 e. The van der Waals surface area contributed by atoms with Gasteiger partial charge in [-0.25, -0.2) is 4.98 Å². The summed E-state index contributed by atoms with van der Waals surface area (Å²) in [7, 11) is 1.68. The Kier molecular flexibility index (Phi) is 5.50. The van der Waals surface area contributed by atoms with Crippen molar-refractivity contribution in [1.29, 1.82) is 5.26 Å². The third kappa shape index (κ3) is 3.31. The van der Waals surface area contributed by atoms with Crippen molar-refractivity contribution in [1.82, 2.24) is 4.98 Å². The molecule has 0 bridgehead atoms. The Hall–Kier alpha value is -1.89. The van der Waals surface area contributed by atoms with Gasteiger partial charge in [0.25, 0.3) is 0 Å². The summed E-state index contributed by atoms with van der Waals surface area (Å²) in [5.74, 6) is 0.428. The fourth-order valence-corrected chi connectivity index (χ4v) is 2.33. The number of hydrogen-bond acceptors (Lipinski definition) is 3. The quantitative estimate of drug-likeness (QED) is 0.788. The number of aromatic nitrogens is 1. The first-order chi connectivity index (χ1) is 9.11. The lowest BCUT2D eigenvalue weighted by Gasteiger charge is -2.29. The van der Waals surface area contributed by atoms with Crippen LogP contribution in [0.1, 0.15) is 39.5 Å². The zero-order valence-electron chi connectivity index (χ0n) is 11.9. The summed E-state index contributed by atoms with van der Waals surface area (Å²) >= 11 is 0. The van der Waals surface area contributed by atoms with Gasteiger partial charge in [-0.15, -0.1) is 0 Å².